The highest BCUT2D eigenvalue weighted by Crippen LogP contribution is 2.32. The molecule has 0 amide bonds. The Morgan fingerprint density at radius 1 is 1.23 bits per heavy atom. The highest BCUT2D eigenvalue weighted by Gasteiger charge is 2.26. The third-order valence-electron chi connectivity index (χ3n) is 4.24. The molecule has 1 aliphatic rings. The zero-order chi connectivity index (χ0) is 16.1. The highest BCUT2D eigenvalue weighted by molar-refractivity contribution is 7.99. The summed E-state index contributed by atoms with van der Waals surface area (Å²) < 4.78 is 0. The molecule has 4 heteroatoms. The predicted molar refractivity (Wildman–Crippen MR) is 95.6 cm³/mol. The number of rotatable bonds is 6. The number of thioether (sulfide) groups is 1. The highest BCUT2D eigenvalue weighted by atomic mass is 32.2. The summed E-state index contributed by atoms with van der Waals surface area (Å²) in [6.07, 6.45) is -0.423. The van der Waals surface area contributed by atoms with Crippen molar-refractivity contribution in [3.8, 4) is 0 Å². The SMILES string of the molecule is Cc1ccc(SCC(C)C)c(C(O)C(C)N2CCNCC2)c1. The summed E-state index contributed by atoms with van der Waals surface area (Å²) in [6, 6.07) is 6.63. The number of nitrogens with one attached hydrogen (secondary N) is 1. The number of aliphatic hydroxyl groups is 1. The van der Waals surface area contributed by atoms with Gasteiger partial charge in [-0.3, -0.25) is 4.90 Å². The Bertz CT molecular complexity index is 472. The average Bonchev–Trinajstić information content (AvgIpc) is 2.53. The maximum atomic E-state index is 10.9. The molecular formula is C18H30N2OS. The topological polar surface area (TPSA) is 35.5 Å². The van der Waals surface area contributed by atoms with Gasteiger partial charge in [0.2, 0.25) is 0 Å². The monoisotopic (exact) mass is 322 g/mol. The second-order valence-corrected chi connectivity index (χ2v) is 7.78. The molecule has 1 saturated heterocycles. The van der Waals surface area contributed by atoms with Crippen LogP contribution in [0.2, 0.25) is 0 Å². The molecule has 1 aliphatic heterocycles. The Balaban J connectivity index is 2.15. The zero-order valence-electron chi connectivity index (χ0n) is 14.3. The van der Waals surface area contributed by atoms with Crippen molar-refractivity contribution in [3.05, 3.63) is 29.3 Å². The van der Waals surface area contributed by atoms with Gasteiger partial charge in [0.25, 0.3) is 0 Å². The van der Waals surface area contributed by atoms with Crippen LogP contribution in [0.5, 0.6) is 0 Å². The van der Waals surface area contributed by atoms with Crippen molar-refractivity contribution < 1.29 is 5.11 Å². The largest absolute Gasteiger partial charge is 0.387 e. The van der Waals surface area contributed by atoms with Crippen molar-refractivity contribution in [2.45, 2.75) is 44.7 Å². The normalized spacial score (nSPS) is 19.4. The number of hydrogen-bond acceptors (Lipinski definition) is 4. The Kier molecular flexibility index (Phi) is 6.75. The van der Waals surface area contributed by atoms with Gasteiger partial charge in [0, 0.05) is 42.9 Å². The van der Waals surface area contributed by atoms with Crippen LogP contribution in [0.1, 0.15) is 38.0 Å². The Morgan fingerprint density at radius 3 is 2.55 bits per heavy atom. The van der Waals surface area contributed by atoms with Gasteiger partial charge in [-0.2, -0.15) is 0 Å². The summed E-state index contributed by atoms with van der Waals surface area (Å²) in [5, 5.41) is 14.3. The van der Waals surface area contributed by atoms with Crippen molar-refractivity contribution in [2.24, 2.45) is 5.92 Å². The molecular weight excluding hydrogens is 292 g/mol. The van der Waals surface area contributed by atoms with E-state index in [9.17, 15) is 5.11 Å². The first-order chi connectivity index (χ1) is 10.5. The van der Waals surface area contributed by atoms with E-state index in [1.54, 1.807) is 0 Å². The molecule has 2 atom stereocenters. The molecule has 124 valence electrons. The van der Waals surface area contributed by atoms with E-state index in [1.165, 1.54) is 10.5 Å². The van der Waals surface area contributed by atoms with Crippen LogP contribution >= 0.6 is 11.8 Å². The lowest BCUT2D eigenvalue weighted by Gasteiger charge is -2.36. The summed E-state index contributed by atoms with van der Waals surface area (Å²) in [7, 11) is 0. The quantitative estimate of drug-likeness (QED) is 0.789. The summed E-state index contributed by atoms with van der Waals surface area (Å²) in [4.78, 5) is 3.62. The fraction of sp³-hybridized carbons (Fsp3) is 0.667. The van der Waals surface area contributed by atoms with E-state index in [2.05, 4.69) is 56.1 Å². The fourth-order valence-corrected chi connectivity index (χ4v) is 3.86. The minimum absolute atomic E-state index is 0.155. The molecule has 3 nitrogen and oxygen atoms in total. The summed E-state index contributed by atoms with van der Waals surface area (Å²) >= 11 is 1.87. The van der Waals surface area contributed by atoms with E-state index in [0.717, 1.165) is 37.5 Å². The maximum absolute atomic E-state index is 10.9. The number of piperazine rings is 1. The maximum Gasteiger partial charge on any atom is 0.0953 e. The number of benzene rings is 1. The molecule has 1 heterocycles. The molecule has 0 bridgehead atoms. The molecule has 2 unspecified atom stereocenters. The van der Waals surface area contributed by atoms with Crippen molar-refractivity contribution in [3.63, 3.8) is 0 Å². The summed E-state index contributed by atoms with van der Waals surface area (Å²) in [5.74, 6) is 1.74. The smallest absolute Gasteiger partial charge is 0.0953 e. The van der Waals surface area contributed by atoms with Crippen LogP contribution in [-0.4, -0.2) is 48.0 Å². The number of aryl methyl sites for hydroxylation is 1. The average molecular weight is 323 g/mol. The van der Waals surface area contributed by atoms with Crippen molar-refractivity contribution in [2.75, 3.05) is 31.9 Å². The molecule has 0 spiro atoms. The Hall–Kier alpha value is -0.550. The van der Waals surface area contributed by atoms with Gasteiger partial charge < -0.3 is 10.4 Å². The lowest BCUT2D eigenvalue weighted by Crippen LogP contribution is -2.49. The van der Waals surface area contributed by atoms with Crippen LogP contribution in [0.25, 0.3) is 0 Å². The van der Waals surface area contributed by atoms with E-state index < -0.39 is 6.10 Å². The lowest BCUT2D eigenvalue weighted by molar-refractivity contribution is 0.0494. The first-order valence-corrected chi connectivity index (χ1v) is 9.33. The third-order valence-corrected chi connectivity index (χ3v) is 5.76. The third kappa shape index (κ3) is 4.72. The zero-order valence-corrected chi connectivity index (χ0v) is 15.1. The summed E-state index contributed by atoms with van der Waals surface area (Å²) in [6.45, 7) is 12.8. The van der Waals surface area contributed by atoms with Crippen LogP contribution in [0, 0.1) is 12.8 Å². The first-order valence-electron chi connectivity index (χ1n) is 8.35. The van der Waals surface area contributed by atoms with Gasteiger partial charge in [0.05, 0.1) is 6.10 Å². The van der Waals surface area contributed by atoms with Crippen molar-refractivity contribution in [1.29, 1.82) is 0 Å². The molecule has 0 aliphatic carbocycles. The van der Waals surface area contributed by atoms with Crippen LogP contribution in [0.4, 0.5) is 0 Å². The van der Waals surface area contributed by atoms with Gasteiger partial charge in [-0.25, -0.2) is 0 Å². The van der Waals surface area contributed by atoms with E-state index in [4.69, 9.17) is 0 Å². The molecule has 0 radical (unpaired) electrons. The summed E-state index contributed by atoms with van der Waals surface area (Å²) in [5.41, 5.74) is 2.31. The van der Waals surface area contributed by atoms with Gasteiger partial charge >= 0.3 is 0 Å². The van der Waals surface area contributed by atoms with Gasteiger partial charge in [0.15, 0.2) is 0 Å². The number of aliphatic hydroxyl groups excluding tert-OH is 1. The van der Waals surface area contributed by atoms with Gasteiger partial charge in [0.1, 0.15) is 0 Å². The Labute approximate surface area is 139 Å². The lowest BCUT2D eigenvalue weighted by atomic mass is 10.00. The van der Waals surface area contributed by atoms with E-state index in [-0.39, 0.29) is 6.04 Å². The molecule has 1 aromatic carbocycles. The molecule has 0 aromatic heterocycles. The minimum atomic E-state index is -0.423. The van der Waals surface area contributed by atoms with E-state index in [0.29, 0.717) is 5.92 Å². The van der Waals surface area contributed by atoms with Crippen LogP contribution < -0.4 is 5.32 Å². The van der Waals surface area contributed by atoms with Gasteiger partial charge in [-0.05, 0) is 31.4 Å². The second-order valence-electron chi connectivity index (χ2n) is 6.72. The molecule has 1 aromatic rings. The van der Waals surface area contributed by atoms with Gasteiger partial charge in [-0.1, -0.05) is 31.5 Å². The predicted octanol–water partition coefficient (Wildman–Crippen LogP) is 3.07. The fourth-order valence-electron chi connectivity index (χ4n) is 2.84. The van der Waals surface area contributed by atoms with Crippen LogP contribution in [0.3, 0.4) is 0 Å². The van der Waals surface area contributed by atoms with E-state index in [1.807, 2.05) is 11.8 Å². The molecule has 1 fully saturated rings. The van der Waals surface area contributed by atoms with Crippen molar-refractivity contribution >= 4 is 11.8 Å². The number of hydrogen-bond donors (Lipinski definition) is 2. The molecule has 2 rings (SSSR count). The van der Waals surface area contributed by atoms with Crippen molar-refractivity contribution in [1.82, 2.24) is 10.2 Å². The van der Waals surface area contributed by atoms with E-state index >= 15 is 0 Å². The standard InChI is InChI=1S/C18H30N2OS/c1-13(2)12-22-17-6-5-14(3)11-16(17)18(21)15(4)20-9-7-19-8-10-20/h5-6,11,13,15,18-19,21H,7-10,12H2,1-4H3. The second kappa shape index (κ2) is 8.34. The van der Waals surface area contributed by atoms with Crippen LogP contribution in [-0.2, 0) is 0 Å². The Morgan fingerprint density at radius 2 is 1.91 bits per heavy atom. The minimum Gasteiger partial charge on any atom is -0.387 e. The molecule has 0 saturated carbocycles. The van der Waals surface area contributed by atoms with Gasteiger partial charge in [-0.15, -0.1) is 11.8 Å². The first kappa shape index (κ1) is 17.8. The molecule has 2 N–H and O–H groups in total. The van der Waals surface area contributed by atoms with Crippen LogP contribution in [0.15, 0.2) is 23.1 Å². The molecule has 22 heavy (non-hydrogen) atoms. The number of nitrogens with zero attached hydrogens (tertiary/aromatic N) is 1.